The molecule has 0 atom stereocenters. The molecule has 14 heavy (non-hydrogen) atoms. The molecular formula is C11H8ClNO. The number of hydrogen-bond acceptors (Lipinski definition) is 2. The van der Waals surface area contributed by atoms with Gasteiger partial charge in [0.2, 0.25) is 0 Å². The summed E-state index contributed by atoms with van der Waals surface area (Å²) in [5.41, 5.74) is 1.61. The molecule has 2 nitrogen and oxygen atoms in total. The average Bonchev–Trinajstić information content (AvgIpc) is 2.19. The van der Waals surface area contributed by atoms with Crippen LogP contribution in [0, 0.1) is 0 Å². The Labute approximate surface area is 86.8 Å². The first-order chi connectivity index (χ1) is 6.77. The first-order valence-corrected chi connectivity index (χ1v) is 4.54. The average molecular weight is 206 g/mol. The van der Waals surface area contributed by atoms with Gasteiger partial charge in [0.15, 0.2) is 0 Å². The van der Waals surface area contributed by atoms with Gasteiger partial charge in [-0.3, -0.25) is 4.98 Å². The zero-order chi connectivity index (χ0) is 9.97. The van der Waals surface area contributed by atoms with Crippen molar-refractivity contribution in [3.8, 4) is 16.9 Å². The lowest BCUT2D eigenvalue weighted by Gasteiger charge is -2.03. The van der Waals surface area contributed by atoms with E-state index in [4.69, 9.17) is 11.6 Å². The van der Waals surface area contributed by atoms with Crippen molar-refractivity contribution >= 4 is 11.6 Å². The zero-order valence-electron chi connectivity index (χ0n) is 7.31. The van der Waals surface area contributed by atoms with Gasteiger partial charge >= 0.3 is 0 Å². The maximum absolute atomic E-state index is 9.63. The highest BCUT2D eigenvalue weighted by Crippen LogP contribution is 2.30. The summed E-state index contributed by atoms with van der Waals surface area (Å²) in [6.45, 7) is 0. The number of rotatable bonds is 1. The fourth-order valence-electron chi connectivity index (χ4n) is 1.27. The molecule has 0 fully saturated rings. The van der Waals surface area contributed by atoms with Gasteiger partial charge in [0.05, 0.1) is 0 Å². The van der Waals surface area contributed by atoms with Gasteiger partial charge in [0.1, 0.15) is 5.75 Å². The molecule has 0 radical (unpaired) electrons. The van der Waals surface area contributed by atoms with Crippen LogP contribution in [0.5, 0.6) is 5.75 Å². The quantitative estimate of drug-likeness (QED) is 0.776. The molecule has 0 spiro atoms. The normalized spacial score (nSPS) is 10.1. The van der Waals surface area contributed by atoms with Crippen molar-refractivity contribution in [1.29, 1.82) is 0 Å². The Balaban J connectivity index is 2.53. The van der Waals surface area contributed by atoms with Crippen molar-refractivity contribution in [1.82, 2.24) is 4.98 Å². The van der Waals surface area contributed by atoms with Crippen molar-refractivity contribution in [2.24, 2.45) is 0 Å². The monoisotopic (exact) mass is 205 g/mol. The Morgan fingerprint density at radius 2 is 2.07 bits per heavy atom. The van der Waals surface area contributed by atoms with Crippen LogP contribution in [0.1, 0.15) is 0 Å². The summed E-state index contributed by atoms with van der Waals surface area (Å²) < 4.78 is 0. The minimum atomic E-state index is 0.172. The summed E-state index contributed by atoms with van der Waals surface area (Å²) in [4.78, 5) is 3.98. The van der Waals surface area contributed by atoms with Crippen LogP contribution in [0.3, 0.4) is 0 Å². The van der Waals surface area contributed by atoms with E-state index in [9.17, 15) is 5.11 Å². The number of phenolic OH excluding ortho intramolecular Hbond substituents is 1. The standard InChI is InChI=1S/C11H8ClNO/c12-9-3-4-10(11(14)6-9)8-2-1-5-13-7-8/h1-7,14H. The molecule has 70 valence electrons. The molecule has 2 aromatic rings. The van der Waals surface area contributed by atoms with Crippen molar-refractivity contribution in [3.63, 3.8) is 0 Å². The van der Waals surface area contributed by atoms with Gasteiger partial charge in [-0.2, -0.15) is 0 Å². The highest BCUT2D eigenvalue weighted by atomic mass is 35.5. The molecule has 1 aromatic heterocycles. The number of benzene rings is 1. The number of halogens is 1. The van der Waals surface area contributed by atoms with Crippen LogP contribution in [0.2, 0.25) is 5.02 Å². The Morgan fingerprint density at radius 1 is 1.21 bits per heavy atom. The maximum Gasteiger partial charge on any atom is 0.124 e. The van der Waals surface area contributed by atoms with Gasteiger partial charge in [-0.15, -0.1) is 0 Å². The number of phenols is 1. The van der Waals surface area contributed by atoms with Crippen LogP contribution in [0.15, 0.2) is 42.7 Å². The number of hydrogen-bond donors (Lipinski definition) is 1. The first kappa shape index (κ1) is 9.03. The first-order valence-electron chi connectivity index (χ1n) is 4.16. The number of nitrogens with zero attached hydrogens (tertiary/aromatic N) is 1. The Hall–Kier alpha value is -1.54. The van der Waals surface area contributed by atoms with E-state index in [0.717, 1.165) is 11.1 Å². The molecule has 0 saturated carbocycles. The van der Waals surface area contributed by atoms with E-state index in [1.807, 2.05) is 12.1 Å². The second-order valence-electron chi connectivity index (χ2n) is 2.90. The van der Waals surface area contributed by atoms with Crippen LogP contribution in [-0.2, 0) is 0 Å². The lowest BCUT2D eigenvalue weighted by atomic mass is 10.1. The molecule has 0 amide bonds. The van der Waals surface area contributed by atoms with Crippen molar-refractivity contribution in [2.75, 3.05) is 0 Å². The molecule has 1 aromatic carbocycles. The third kappa shape index (κ3) is 1.70. The van der Waals surface area contributed by atoms with Crippen LogP contribution in [0.25, 0.3) is 11.1 Å². The van der Waals surface area contributed by atoms with E-state index in [2.05, 4.69) is 4.98 Å². The molecule has 0 aliphatic carbocycles. The van der Waals surface area contributed by atoms with E-state index in [0.29, 0.717) is 5.02 Å². The Kier molecular flexibility index (Phi) is 2.37. The molecule has 0 aliphatic heterocycles. The molecule has 0 unspecified atom stereocenters. The number of aromatic nitrogens is 1. The summed E-state index contributed by atoms with van der Waals surface area (Å²) in [5, 5.41) is 10.2. The lowest BCUT2D eigenvalue weighted by molar-refractivity contribution is 0.477. The zero-order valence-corrected chi connectivity index (χ0v) is 8.07. The van der Waals surface area contributed by atoms with Crippen LogP contribution < -0.4 is 0 Å². The van der Waals surface area contributed by atoms with Gasteiger partial charge in [-0.05, 0) is 24.3 Å². The summed E-state index contributed by atoms with van der Waals surface area (Å²) in [5.74, 6) is 0.172. The molecule has 2 rings (SSSR count). The lowest BCUT2D eigenvalue weighted by Crippen LogP contribution is -1.80. The molecule has 3 heteroatoms. The summed E-state index contributed by atoms with van der Waals surface area (Å²) >= 11 is 5.73. The Morgan fingerprint density at radius 3 is 2.71 bits per heavy atom. The topological polar surface area (TPSA) is 33.1 Å². The smallest absolute Gasteiger partial charge is 0.124 e. The van der Waals surface area contributed by atoms with E-state index < -0.39 is 0 Å². The molecular weight excluding hydrogens is 198 g/mol. The minimum Gasteiger partial charge on any atom is -0.507 e. The SMILES string of the molecule is Oc1cc(Cl)ccc1-c1cccnc1. The van der Waals surface area contributed by atoms with Crippen molar-refractivity contribution in [3.05, 3.63) is 47.7 Å². The minimum absolute atomic E-state index is 0.172. The van der Waals surface area contributed by atoms with Gasteiger partial charge < -0.3 is 5.11 Å². The van der Waals surface area contributed by atoms with Gasteiger partial charge in [-0.1, -0.05) is 17.7 Å². The third-order valence-corrected chi connectivity index (χ3v) is 2.17. The third-order valence-electron chi connectivity index (χ3n) is 1.93. The molecule has 1 N–H and O–H groups in total. The second kappa shape index (κ2) is 3.68. The summed E-state index contributed by atoms with van der Waals surface area (Å²) in [6.07, 6.45) is 3.39. The van der Waals surface area contributed by atoms with Gasteiger partial charge in [-0.25, -0.2) is 0 Å². The van der Waals surface area contributed by atoms with E-state index in [-0.39, 0.29) is 5.75 Å². The fraction of sp³-hybridized carbons (Fsp3) is 0. The second-order valence-corrected chi connectivity index (χ2v) is 3.34. The van der Waals surface area contributed by atoms with Crippen molar-refractivity contribution < 1.29 is 5.11 Å². The predicted octanol–water partition coefficient (Wildman–Crippen LogP) is 3.11. The predicted molar refractivity (Wildman–Crippen MR) is 56.3 cm³/mol. The molecule has 0 bridgehead atoms. The van der Waals surface area contributed by atoms with E-state index in [1.165, 1.54) is 6.07 Å². The largest absolute Gasteiger partial charge is 0.507 e. The molecule has 1 heterocycles. The van der Waals surface area contributed by atoms with Gasteiger partial charge in [0.25, 0.3) is 0 Å². The van der Waals surface area contributed by atoms with Crippen LogP contribution in [0.4, 0.5) is 0 Å². The highest BCUT2D eigenvalue weighted by Gasteiger charge is 2.03. The summed E-state index contributed by atoms with van der Waals surface area (Å²) in [6, 6.07) is 8.74. The molecule has 0 aliphatic rings. The number of aromatic hydroxyl groups is 1. The van der Waals surface area contributed by atoms with E-state index >= 15 is 0 Å². The maximum atomic E-state index is 9.63. The van der Waals surface area contributed by atoms with Crippen LogP contribution >= 0.6 is 11.6 Å². The van der Waals surface area contributed by atoms with E-state index in [1.54, 1.807) is 24.5 Å². The Bertz CT molecular complexity index is 442. The fourth-order valence-corrected chi connectivity index (χ4v) is 1.44. The number of pyridine rings is 1. The van der Waals surface area contributed by atoms with Gasteiger partial charge in [0, 0.05) is 28.5 Å². The van der Waals surface area contributed by atoms with Crippen molar-refractivity contribution in [2.45, 2.75) is 0 Å². The molecule has 0 saturated heterocycles. The highest BCUT2D eigenvalue weighted by molar-refractivity contribution is 6.30. The van der Waals surface area contributed by atoms with Crippen LogP contribution in [-0.4, -0.2) is 10.1 Å². The summed E-state index contributed by atoms with van der Waals surface area (Å²) in [7, 11) is 0.